The molecule has 4 N–H and O–H groups in total. The molecule has 4 rings (SSSR count). The third kappa shape index (κ3) is 10.6. The van der Waals surface area contributed by atoms with Crippen molar-refractivity contribution in [3.05, 3.63) is 60.2 Å². The molecule has 0 spiro atoms. The maximum absolute atomic E-state index is 13.8. The Bertz CT molecular complexity index is 1410. The largest absolute Gasteiger partial charge is 0.361 e. The zero-order chi connectivity index (χ0) is 34.8. The topological polar surface area (TPSA) is 175 Å². The van der Waals surface area contributed by atoms with Crippen molar-refractivity contribution in [1.82, 2.24) is 36.1 Å². The highest BCUT2D eigenvalue weighted by molar-refractivity contribution is 5.98. The van der Waals surface area contributed by atoms with Crippen LogP contribution in [0.25, 0.3) is 0 Å². The van der Waals surface area contributed by atoms with Gasteiger partial charge in [-0.05, 0) is 50.0 Å². The number of hydrogen-bond donors (Lipinski definition) is 4. The molecule has 0 saturated carbocycles. The van der Waals surface area contributed by atoms with E-state index in [1.54, 1.807) is 11.8 Å². The van der Waals surface area contributed by atoms with Gasteiger partial charge >= 0.3 is 6.03 Å². The number of ketones is 1. The van der Waals surface area contributed by atoms with E-state index in [0.29, 0.717) is 45.4 Å². The minimum absolute atomic E-state index is 0.0665. The molecule has 260 valence electrons. The molecular formula is C35H49N7O6. The standard InChI is InChI=1S/C35H49N7O6/c1-22(2)17-26(30(43)35(5)21-48-35)39-32(45)28(19-24-9-7-6-8-10-24)40-31(44)27(18-23(3)4)41-34(47)42-15-11-25(12-16-42)38-33(46)29-20-36-13-14-37-29/h6-10,13-14,20,22-23,25-28H,11-12,15-19,21H2,1-5H3,(H,38,46)(H,39,45)(H,40,44)(H,41,47)/t26-,27-,28-,35+/m0/s1. The second-order valence-electron chi connectivity index (χ2n) is 13.8. The van der Waals surface area contributed by atoms with Crippen LogP contribution >= 0.6 is 0 Å². The van der Waals surface area contributed by atoms with Crippen molar-refractivity contribution < 1.29 is 28.7 Å². The Hall–Kier alpha value is -4.39. The number of likely N-dealkylation sites (tertiary alicyclic amines) is 1. The lowest BCUT2D eigenvalue weighted by molar-refractivity contribution is -0.133. The second kappa shape index (κ2) is 16.6. The van der Waals surface area contributed by atoms with E-state index in [1.807, 2.05) is 58.0 Å². The van der Waals surface area contributed by atoms with E-state index in [9.17, 15) is 24.0 Å². The number of piperidine rings is 1. The van der Waals surface area contributed by atoms with Crippen LogP contribution in [0.4, 0.5) is 4.79 Å². The number of hydrogen-bond acceptors (Lipinski definition) is 8. The van der Waals surface area contributed by atoms with Crippen LogP contribution in [-0.2, 0) is 25.5 Å². The molecular weight excluding hydrogens is 614 g/mol. The second-order valence-corrected chi connectivity index (χ2v) is 13.8. The summed E-state index contributed by atoms with van der Waals surface area (Å²) in [4.78, 5) is 76.3. The lowest BCUT2D eigenvalue weighted by Crippen LogP contribution is -2.59. The van der Waals surface area contributed by atoms with E-state index in [4.69, 9.17) is 4.74 Å². The Morgan fingerprint density at radius 3 is 2.06 bits per heavy atom. The molecule has 2 saturated heterocycles. The van der Waals surface area contributed by atoms with Crippen LogP contribution in [0.2, 0.25) is 0 Å². The van der Waals surface area contributed by atoms with Crippen LogP contribution in [0.3, 0.4) is 0 Å². The summed E-state index contributed by atoms with van der Waals surface area (Å²) in [5.41, 5.74) is 0.155. The van der Waals surface area contributed by atoms with Crippen LogP contribution in [0.5, 0.6) is 0 Å². The molecule has 0 unspecified atom stereocenters. The number of nitrogens with zero attached hydrogens (tertiary/aromatic N) is 3. The van der Waals surface area contributed by atoms with Gasteiger partial charge in [-0.15, -0.1) is 0 Å². The van der Waals surface area contributed by atoms with Gasteiger partial charge in [-0.2, -0.15) is 0 Å². The summed E-state index contributed by atoms with van der Waals surface area (Å²) in [6, 6.07) is 6.15. The number of carbonyl (C=O) groups excluding carboxylic acids is 5. The van der Waals surface area contributed by atoms with Crippen molar-refractivity contribution in [1.29, 1.82) is 0 Å². The van der Waals surface area contributed by atoms with Gasteiger partial charge in [0.15, 0.2) is 5.78 Å². The minimum atomic E-state index is -0.990. The molecule has 2 aliphatic heterocycles. The third-order valence-corrected chi connectivity index (χ3v) is 8.59. The van der Waals surface area contributed by atoms with Gasteiger partial charge in [0.25, 0.3) is 5.91 Å². The zero-order valence-electron chi connectivity index (χ0n) is 28.5. The van der Waals surface area contributed by atoms with E-state index in [1.165, 1.54) is 18.6 Å². The van der Waals surface area contributed by atoms with Crippen molar-refractivity contribution in [2.45, 2.75) is 96.5 Å². The Kier molecular flexibility index (Phi) is 12.6. The van der Waals surface area contributed by atoms with Crippen LogP contribution < -0.4 is 21.3 Å². The first-order valence-electron chi connectivity index (χ1n) is 16.8. The summed E-state index contributed by atoms with van der Waals surface area (Å²) >= 11 is 0. The average molecular weight is 664 g/mol. The summed E-state index contributed by atoms with van der Waals surface area (Å²) in [5, 5.41) is 11.6. The number of benzene rings is 1. The molecule has 0 radical (unpaired) electrons. The fourth-order valence-electron chi connectivity index (χ4n) is 5.77. The lowest BCUT2D eigenvalue weighted by atomic mass is 9.93. The summed E-state index contributed by atoms with van der Waals surface area (Å²) < 4.78 is 5.38. The van der Waals surface area contributed by atoms with E-state index >= 15 is 0 Å². The number of amides is 5. The smallest absolute Gasteiger partial charge is 0.318 e. The number of nitrogens with one attached hydrogen (secondary N) is 4. The lowest BCUT2D eigenvalue weighted by Gasteiger charge is -2.34. The first-order chi connectivity index (χ1) is 22.8. The quantitative estimate of drug-likeness (QED) is 0.210. The Morgan fingerprint density at radius 2 is 1.48 bits per heavy atom. The van der Waals surface area contributed by atoms with Crippen molar-refractivity contribution in [3.63, 3.8) is 0 Å². The number of aromatic nitrogens is 2. The molecule has 2 fully saturated rings. The minimum Gasteiger partial charge on any atom is -0.361 e. The van der Waals surface area contributed by atoms with Crippen LogP contribution in [0.1, 0.15) is 76.4 Å². The molecule has 1 aromatic heterocycles. The van der Waals surface area contributed by atoms with Crippen molar-refractivity contribution >= 4 is 29.5 Å². The molecule has 1 aromatic carbocycles. The Labute approximate surface area is 282 Å². The first-order valence-corrected chi connectivity index (χ1v) is 16.8. The highest BCUT2D eigenvalue weighted by atomic mass is 16.6. The summed E-state index contributed by atoms with van der Waals surface area (Å²) in [5.74, 6) is -1.26. The summed E-state index contributed by atoms with van der Waals surface area (Å²) in [7, 11) is 0. The van der Waals surface area contributed by atoms with Gasteiger partial charge in [0.2, 0.25) is 11.8 Å². The molecule has 48 heavy (non-hydrogen) atoms. The fourth-order valence-corrected chi connectivity index (χ4v) is 5.77. The zero-order valence-corrected chi connectivity index (χ0v) is 28.5. The van der Waals surface area contributed by atoms with Crippen LogP contribution in [0.15, 0.2) is 48.9 Å². The van der Waals surface area contributed by atoms with Crippen molar-refractivity contribution in [2.24, 2.45) is 11.8 Å². The Morgan fingerprint density at radius 1 is 0.875 bits per heavy atom. The predicted molar refractivity (Wildman–Crippen MR) is 179 cm³/mol. The van der Waals surface area contributed by atoms with E-state index in [0.717, 1.165) is 5.56 Å². The number of carbonyl (C=O) groups is 5. The van der Waals surface area contributed by atoms with Gasteiger partial charge < -0.3 is 30.9 Å². The molecule has 3 heterocycles. The fraction of sp³-hybridized carbons (Fsp3) is 0.571. The highest BCUT2D eigenvalue weighted by Gasteiger charge is 2.50. The summed E-state index contributed by atoms with van der Waals surface area (Å²) in [6.07, 6.45) is 6.42. The molecule has 2 aliphatic rings. The van der Waals surface area contributed by atoms with Gasteiger partial charge in [-0.25, -0.2) is 9.78 Å². The SMILES string of the molecule is CC(C)C[C@H](NC(=O)N1CCC(NC(=O)c2cnccn2)CC1)C(=O)N[C@@H](Cc1ccccc1)C(=O)N[C@@H](CC(C)C)C(=O)[C@@]1(C)CO1. The molecule has 0 aliphatic carbocycles. The molecule has 13 heteroatoms. The number of urea groups is 1. The molecule has 5 amide bonds. The van der Waals surface area contributed by atoms with Crippen molar-refractivity contribution in [3.8, 4) is 0 Å². The summed E-state index contributed by atoms with van der Waals surface area (Å²) in [6.45, 7) is 10.7. The van der Waals surface area contributed by atoms with Gasteiger partial charge in [-0.3, -0.25) is 24.2 Å². The molecule has 4 atom stereocenters. The number of rotatable bonds is 15. The van der Waals surface area contributed by atoms with Gasteiger partial charge in [0.1, 0.15) is 23.4 Å². The van der Waals surface area contributed by atoms with E-state index in [2.05, 4.69) is 31.2 Å². The number of epoxide rings is 1. The number of ether oxygens (including phenoxy) is 1. The van der Waals surface area contributed by atoms with Crippen LogP contribution in [-0.4, -0.2) is 93.9 Å². The van der Waals surface area contributed by atoms with Gasteiger partial charge in [-0.1, -0.05) is 58.0 Å². The first kappa shape index (κ1) is 36.4. The van der Waals surface area contributed by atoms with Gasteiger partial charge in [0.05, 0.1) is 18.8 Å². The van der Waals surface area contributed by atoms with Crippen molar-refractivity contribution in [2.75, 3.05) is 19.7 Å². The normalized spacial score (nSPS) is 19.6. The Balaban J connectivity index is 1.41. The average Bonchev–Trinajstić information content (AvgIpc) is 3.82. The third-order valence-electron chi connectivity index (χ3n) is 8.59. The highest BCUT2D eigenvalue weighted by Crippen LogP contribution is 2.29. The maximum Gasteiger partial charge on any atom is 0.318 e. The number of Topliss-reactive ketones (excluding diaryl/α,β-unsaturated/α-hetero) is 1. The monoisotopic (exact) mass is 663 g/mol. The maximum atomic E-state index is 13.8. The van der Waals surface area contributed by atoms with Crippen LogP contribution in [0, 0.1) is 11.8 Å². The molecule has 0 bridgehead atoms. The van der Waals surface area contributed by atoms with E-state index < -0.39 is 35.5 Å². The predicted octanol–water partition coefficient (Wildman–Crippen LogP) is 2.41. The molecule has 13 nitrogen and oxygen atoms in total. The van der Waals surface area contributed by atoms with Gasteiger partial charge in [0, 0.05) is 37.9 Å². The van der Waals surface area contributed by atoms with E-state index in [-0.39, 0.29) is 47.7 Å². The molecule has 2 aromatic rings.